The molecule has 0 bridgehead atoms. The first-order valence-corrected chi connectivity index (χ1v) is 8.27. The number of nitrogens with one attached hydrogen (secondary N) is 2. The highest BCUT2D eigenvalue weighted by molar-refractivity contribution is 5.74. The third-order valence-electron chi connectivity index (χ3n) is 3.96. The molecular weight excluding hydrogens is 316 g/mol. The summed E-state index contributed by atoms with van der Waals surface area (Å²) >= 11 is 0. The zero-order valence-electron chi connectivity index (χ0n) is 13.8. The molecule has 0 saturated heterocycles. The second-order valence-electron chi connectivity index (χ2n) is 6.08. The first-order chi connectivity index (χ1) is 12.2. The molecule has 7 heteroatoms. The normalized spacial score (nSPS) is 13.1. The molecule has 0 spiro atoms. The highest BCUT2D eigenvalue weighted by Gasteiger charge is 2.27. The van der Waals surface area contributed by atoms with Crippen LogP contribution in [0.2, 0.25) is 0 Å². The summed E-state index contributed by atoms with van der Waals surface area (Å²) in [5.41, 5.74) is 8.03. The fraction of sp³-hybridized carbons (Fsp3) is 0.333. The molecule has 0 atom stereocenters. The number of nitrogens with two attached hydrogens (primary N) is 1. The Labute approximate surface area is 146 Å². The fourth-order valence-corrected chi connectivity index (χ4v) is 2.57. The molecule has 3 rings (SSSR count). The number of carbonyl (C=O) groups is 1. The zero-order valence-corrected chi connectivity index (χ0v) is 13.8. The Kier molecular flexibility index (Phi) is 5.09. The van der Waals surface area contributed by atoms with Crippen molar-refractivity contribution in [1.29, 1.82) is 5.26 Å². The van der Waals surface area contributed by atoms with E-state index in [4.69, 9.17) is 11.0 Å². The van der Waals surface area contributed by atoms with Crippen LogP contribution in [0.15, 0.2) is 30.5 Å². The minimum Gasteiger partial charge on any atom is -0.370 e. The van der Waals surface area contributed by atoms with Gasteiger partial charge in [-0.1, -0.05) is 12.1 Å². The summed E-state index contributed by atoms with van der Waals surface area (Å²) in [5.74, 6) is 1.36. The molecule has 1 fully saturated rings. The zero-order chi connectivity index (χ0) is 17.6. The van der Waals surface area contributed by atoms with E-state index in [2.05, 4.69) is 26.7 Å². The van der Waals surface area contributed by atoms with Gasteiger partial charge in [0, 0.05) is 30.4 Å². The van der Waals surface area contributed by atoms with Gasteiger partial charge in [-0.05, 0) is 36.5 Å². The molecule has 1 heterocycles. The maximum absolute atomic E-state index is 10.9. The van der Waals surface area contributed by atoms with Crippen LogP contribution < -0.4 is 16.4 Å². The van der Waals surface area contributed by atoms with Gasteiger partial charge < -0.3 is 16.4 Å². The van der Waals surface area contributed by atoms with Crippen LogP contribution in [0.3, 0.4) is 0 Å². The largest absolute Gasteiger partial charge is 0.370 e. The van der Waals surface area contributed by atoms with E-state index in [0.29, 0.717) is 24.8 Å². The average Bonchev–Trinajstić information content (AvgIpc) is 3.40. The fourth-order valence-electron chi connectivity index (χ4n) is 2.57. The molecule has 1 aliphatic rings. The smallest absolute Gasteiger partial charge is 0.229 e. The van der Waals surface area contributed by atoms with Crippen molar-refractivity contribution >= 4 is 23.4 Å². The lowest BCUT2D eigenvalue weighted by atomic mass is 10.1. The Balaban J connectivity index is 1.76. The van der Waals surface area contributed by atoms with Gasteiger partial charge >= 0.3 is 0 Å². The molecule has 128 valence electrons. The van der Waals surface area contributed by atoms with Crippen LogP contribution in [-0.2, 0) is 11.2 Å². The minimum atomic E-state index is -0.345. The van der Waals surface area contributed by atoms with Crippen LogP contribution in [0.4, 0.5) is 17.5 Å². The molecule has 1 saturated carbocycles. The van der Waals surface area contributed by atoms with Gasteiger partial charge in [-0.2, -0.15) is 10.2 Å². The molecule has 0 radical (unpaired) electrons. The molecule has 1 aromatic carbocycles. The van der Waals surface area contributed by atoms with Gasteiger partial charge in [0.25, 0.3) is 0 Å². The third kappa shape index (κ3) is 4.67. The van der Waals surface area contributed by atoms with E-state index in [9.17, 15) is 4.79 Å². The summed E-state index contributed by atoms with van der Waals surface area (Å²) < 4.78 is 0. The monoisotopic (exact) mass is 336 g/mol. The van der Waals surface area contributed by atoms with Crippen molar-refractivity contribution in [2.45, 2.75) is 31.6 Å². The van der Waals surface area contributed by atoms with Crippen LogP contribution in [0.1, 0.15) is 36.3 Å². The van der Waals surface area contributed by atoms with E-state index in [1.54, 1.807) is 0 Å². The lowest BCUT2D eigenvalue weighted by Gasteiger charge is -2.12. The molecule has 2 aromatic rings. The van der Waals surface area contributed by atoms with Crippen LogP contribution in [0.25, 0.3) is 0 Å². The number of rotatable bonds is 8. The number of hydrogen-bond donors (Lipinski definition) is 3. The van der Waals surface area contributed by atoms with E-state index in [1.807, 2.05) is 30.5 Å². The van der Waals surface area contributed by atoms with E-state index in [0.717, 1.165) is 35.5 Å². The van der Waals surface area contributed by atoms with E-state index >= 15 is 0 Å². The first kappa shape index (κ1) is 16.7. The van der Waals surface area contributed by atoms with Crippen LogP contribution in [0, 0.1) is 11.3 Å². The van der Waals surface area contributed by atoms with Crippen molar-refractivity contribution in [2.24, 2.45) is 5.73 Å². The molecule has 0 aliphatic heterocycles. The second-order valence-corrected chi connectivity index (χ2v) is 6.08. The number of benzene rings is 1. The molecule has 1 aliphatic carbocycles. The predicted octanol–water partition coefficient (Wildman–Crippen LogP) is 2.45. The van der Waals surface area contributed by atoms with Crippen LogP contribution in [0.5, 0.6) is 0 Å². The molecule has 0 unspecified atom stereocenters. The van der Waals surface area contributed by atoms with E-state index in [1.165, 1.54) is 0 Å². The van der Waals surface area contributed by atoms with Crippen molar-refractivity contribution in [3.8, 4) is 6.07 Å². The Morgan fingerprint density at radius 3 is 2.96 bits per heavy atom. The topological polar surface area (TPSA) is 117 Å². The Morgan fingerprint density at radius 1 is 1.40 bits per heavy atom. The minimum absolute atomic E-state index is 0.257. The standard InChI is InChI=1S/C18H20N6O/c19-8-6-12-2-1-3-14(10-12)23-18-22-11-15(13-4-5-13)17(24-18)21-9-7-16(20)25/h1-3,10-11,13H,4-7,9H2,(H2,20,25)(H2,21,22,23,24). The van der Waals surface area contributed by atoms with Gasteiger partial charge in [-0.3, -0.25) is 4.79 Å². The van der Waals surface area contributed by atoms with E-state index < -0.39 is 0 Å². The number of hydrogen-bond acceptors (Lipinski definition) is 6. The third-order valence-corrected chi connectivity index (χ3v) is 3.96. The predicted molar refractivity (Wildman–Crippen MR) is 95.3 cm³/mol. The Morgan fingerprint density at radius 2 is 2.24 bits per heavy atom. The number of anilines is 3. The number of nitriles is 1. The maximum Gasteiger partial charge on any atom is 0.229 e. The molecule has 1 amide bonds. The van der Waals surface area contributed by atoms with Gasteiger partial charge in [0.2, 0.25) is 11.9 Å². The lowest BCUT2D eigenvalue weighted by molar-refractivity contribution is -0.117. The summed E-state index contributed by atoms with van der Waals surface area (Å²) in [6.07, 6.45) is 4.72. The number of primary amides is 1. The number of aromatic nitrogens is 2. The second kappa shape index (κ2) is 7.62. The van der Waals surface area contributed by atoms with Gasteiger partial charge in [-0.25, -0.2) is 4.98 Å². The highest BCUT2D eigenvalue weighted by atomic mass is 16.1. The van der Waals surface area contributed by atoms with Crippen LogP contribution in [-0.4, -0.2) is 22.4 Å². The summed E-state index contributed by atoms with van der Waals surface area (Å²) in [6.45, 7) is 0.448. The summed E-state index contributed by atoms with van der Waals surface area (Å²) in [5, 5.41) is 15.2. The number of nitrogens with zero attached hydrogens (tertiary/aromatic N) is 3. The van der Waals surface area contributed by atoms with Crippen molar-refractivity contribution in [3.63, 3.8) is 0 Å². The molecular formula is C18H20N6O. The SMILES string of the molecule is N#CCc1cccc(Nc2ncc(C3CC3)c(NCCC(N)=O)n2)c1. The van der Waals surface area contributed by atoms with E-state index in [-0.39, 0.29) is 12.3 Å². The van der Waals surface area contributed by atoms with Crippen molar-refractivity contribution < 1.29 is 4.79 Å². The summed E-state index contributed by atoms with van der Waals surface area (Å²) in [6, 6.07) is 9.74. The van der Waals surface area contributed by atoms with Gasteiger partial charge in [-0.15, -0.1) is 0 Å². The molecule has 7 nitrogen and oxygen atoms in total. The van der Waals surface area contributed by atoms with Crippen molar-refractivity contribution in [2.75, 3.05) is 17.2 Å². The van der Waals surface area contributed by atoms with Crippen molar-refractivity contribution in [3.05, 3.63) is 41.6 Å². The van der Waals surface area contributed by atoms with Gasteiger partial charge in [0.1, 0.15) is 5.82 Å². The quantitative estimate of drug-likeness (QED) is 0.681. The van der Waals surface area contributed by atoms with Gasteiger partial charge in [0.05, 0.1) is 12.5 Å². The van der Waals surface area contributed by atoms with Crippen molar-refractivity contribution in [1.82, 2.24) is 9.97 Å². The average molecular weight is 336 g/mol. The Bertz CT molecular complexity index is 809. The molecule has 1 aromatic heterocycles. The van der Waals surface area contributed by atoms with Crippen LogP contribution >= 0.6 is 0 Å². The molecule has 4 N–H and O–H groups in total. The summed E-state index contributed by atoms with van der Waals surface area (Å²) in [4.78, 5) is 19.9. The maximum atomic E-state index is 10.9. The Hall–Kier alpha value is -3.14. The lowest BCUT2D eigenvalue weighted by Crippen LogP contribution is -2.17. The molecule has 25 heavy (non-hydrogen) atoms. The van der Waals surface area contributed by atoms with Gasteiger partial charge in [0.15, 0.2) is 0 Å². The summed E-state index contributed by atoms with van der Waals surface area (Å²) in [7, 11) is 0. The number of carbonyl (C=O) groups excluding carboxylic acids is 1. The number of amides is 1. The highest BCUT2D eigenvalue weighted by Crippen LogP contribution is 2.42. The first-order valence-electron chi connectivity index (χ1n) is 8.27.